The lowest BCUT2D eigenvalue weighted by atomic mass is 9.82. The highest BCUT2D eigenvalue weighted by Gasteiger charge is 2.32. The van der Waals surface area contributed by atoms with Crippen LogP contribution >= 0.6 is 0 Å². The molecule has 0 amide bonds. The molecule has 2 unspecified atom stereocenters. The maximum Gasteiger partial charge on any atom is 0.0602 e. The van der Waals surface area contributed by atoms with E-state index >= 15 is 0 Å². The molecule has 0 spiro atoms. The van der Waals surface area contributed by atoms with Gasteiger partial charge in [-0.3, -0.25) is 4.90 Å². The third kappa shape index (κ3) is 4.04. The quantitative estimate of drug-likeness (QED) is 0.732. The number of aliphatic hydroxyl groups excluding tert-OH is 1. The van der Waals surface area contributed by atoms with Crippen LogP contribution in [0, 0.1) is 5.41 Å². The van der Waals surface area contributed by atoms with E-state index in [2.05, 4.69) is 46.6 Å². The second kappa shape index (κ2) is 6.58. The summed E-state index contributed by atoms with van der Waals surface area (Å²) in [6, 6.07) is 0.540. The number of aliphatic hydroxyl groups is 1. The summed E-state index contributed by atoms with van der Waals surface area (Å²) in [5.41, 5.74) is 6.27. The zero-order valence-electron chi connectivity index (χ0n) is 11.8. The molecule has 3 heteroatoms. The Morgan fingerprint density at radius 2 is 1.62 bits per heavy atom. The largest absolute Gasteiger partial charge is 0.395 e. The molecule has 98 valence electrons. The van der Waals surface area contributed by atoms with Gasteiger partial charge < -0.3 is 10.8 Å². The number of nitrogens with zero attached hydrogens (tertiary/aromatic N) is 1. The molecule has 0 bridgehead atoms. The van der Waals surface area contributed by atoms with Crippen LogP contribution in [0.25, 0.3) is 0 Å². The molecule has 0 saturated heterocycles. The molecule has 0 rings (SSSR count). The molecule has 0 aromatic heterocycles. The molecule has 3 N–H and O–H groups in total. The fraction of sp³-hybridized carbons (Fsp3) is 1.00. The van der Waals surface area contributed by atoms with Crippen molar-refractivity contribution < 1.29 is 5.11 Å². The third-order valence-electron chi connectivity index (χ3n) is 3.64. The van der Waals surface area contributed by atoms with E-state index < -0.39 is 0 Å². The lowest BCUT2D eigenvalue weighted by Crippen LogP contribution is -2.56. The SMILES string of the molecule is CCC(CC)N(C)C(CO)C(N)C(C)(C)C. The number of hydrogen-bond acceptors (Lipinski definition) is 3. The predicted octanol–water partition coefficient (Wildman–Crippen LogP) is 1.84. The molecule has 0 aromatic rings. The summed E-state index contributed by atoms with van der Waals surface area (Å²) < 4.78 is 0. The summed E-state index contributed by atoms with van der Waals surface area (Å²) >= 11 is 0. The van der Waals surface area contributed by atoms with Crippen molar-refractivity contribution in [1.82, 2.24) is 4.90 Å². The van der Waals surface area contributed by atoms with Crippen molar-refractivity contribution in [3.63, 3.8) is 0 Å². The minimum atomic E-state index is -0.0110. The molecule has 16 heavy (non-hydrogen) atoms. The Labute approximate surface area is 101 Å². The van der Waals surface area contributed by atoms with Gasteiger partial charge in [-0.1, -0.05) is 34.6 Å². The van der Waals surface area contributed by atoms with Gasteiger partial charge in [0.15, 0.2) is 0 Å². The lowest BCUT2D eigenvalue weighted by molar-refractivity contribution is 0.0575. The first-order chi connectivity index (χ1) is 7.29. The van der Waals surface area contributed by atoms with Crippen molar-refractivity contribution in [2.75, 3.05) is 13.7 Å². The summed E-state index contributed by atoms with van der Waals surface area (Å²) in [5, 5.41) is 9.55. The minimum Gasteiger partial charge on any atom is -0.395 e. The maximum atomic E-state index is 9.55. The van der Waals surface area contributed by atoms with Gasteiger partial charge in [0.2, 0.25) is 0 Å². The fourth-order valence-corrected chi connectivity index (χ4v) is 2.21. The molecule has 0 heterocycles. The minimum absolute atomic E-state index is 0.0110. The molecule has 0 aromatic carbocycles. The summed E-state index contributed by atoms with van der Waals surface area (Å²) in [7, 11) is 2.07. The zero-order chi connectivity index (χ0) is 12.9. The number of nitrogens with two attached hydrogens (primary N) is 1. The monoisotopic (exact) mass is 230 g/mol. The Hall–Kier alpha value is -0.120. The molecule has 0 aliphatic carbocycles. The van der Waals surface area contributed by atoms with E-state index in [1.165, 1.54) is 0 Å². The second-order valence-corrected chi connectivity index (χ2v) is 5.78. The zero-order valence-corrected chi connectivity index (χ0v) is 11.8. The number of likely N-dealkylation sites (N-methyl/N-ethyl adjacent to an activating group) is 1. The van der Waals surface area contributed by atoms with Gasteiger partial charge in [-0.25, -0.2) is 0 Å². The number of rotatable bonds is 6. The highest BCUT2D eigenvalue weighted by atomic mass is 16.3. The first kappa shape index (κ1) is 15.9. The normalized spacial score (nSPS) is 16.9. The van der Waals surface area contributed by atoms with E-state index in [4.69, 9.17) is 5.73 Å². The van der Waals surface area contributed by atoms with Gasteiger partial charge in [-0.15, -0.1) is 0 Å². The van der Waals surface area contributed by atoms with E-state index in [0.29, 0.717) is 6.04 Å². The molecule has 0 radical (unpaired) electrons. The molecule has 3 nitrogen and oxygen atoms in total. The average molecular weight is 230 g/mol. The van der Waals surface area contributed by atoms with Gasteiger partial charge in [0, 0.05) is 18.1 Å². The van der Waals surface area contributed by atoms with Gasteiger partial charge in [0.1, 0.15) is 0 Å². The van der Waals surface area contributed by atoms with E-state index in [-0.39, 0.29) is 24.1 Å². The first-order valence-electron chi connectivity index (χ1n) is 6.37. The van der Waals surface area contributed by atoms with E-state index in [9.17, 15) is 5.11 Å². The summed E-state index contributed by atoms with van der Waals surface area (Å²) in [5.74, 6) is 0. The Morgan fingerprint density at radius 1 is 1.19 bits per heavy atom. The van der Waals surface area contributed by atoms with Gasteiger partial charge in [-0.05, 0) is 25.3 Å². The van der Waals surface area contributed by atoms with Crippen LogP contribution in [0.3, 0.4) is 0 Å². The molecular formula is C13H30N2O. The van der Waals surface area contributed by atoms with Gasteiger partial charge in [0.25, 0.3) is 0 Å². The fourth-order valence-electron chi connectivity index (χ4n) is 2.21. The van der Waals surface area contributed by atoms with E-state index in [1.807, 2.05) is 0 Å². The lowest BCUT2D eigenvalue weighted by Gasteiger charge is -2.41. The van der Waals surface area contributed by atoms with Crippen LogP contribution in [0.2, 0.25) is 0 Å². The number of hydrogen-bond donors (Lipinski definition) is 2. The van der Waals surface area contributed by atoms with Gasteiger partial charge in [0.05, 0.1) is 6.61 Å². The maximum absolute atomic E-state index is 9.55. The summed E-state index contributed by atoms with van der Waals surface area (Å²) in [6.45, 7) is 10.9. The highest BCUT2D eigenvalue weighted by Crippen LogP contribution is 2.24. The molecule has 0 saturated carbocycles. The molecular weight excluding hydrogens is 200 g/mol. The standard InChI is InChI=1S/C13H30N2O/c1-7-10(8-2)15(6)11(9-16)12(14)13(3,4)5/h10-12,16H,7-9,14H2,1-6H3. The molecule has 0 aliphatic rings. The Morgan fingerprint density at radius 3 is 1.88 bits per heavy atom. The molecule has 0 aliphatic heterocycles. The smallest absolute Gasteiger partial charge is 0.0602 e. The molecule has 2 atom stereocenters. The Kier molecular flexibility index (Phi) is 6.53. The van der Waals surface area contributed by atoms with Crippen LogP contribution in [-0.2, 0) is 0 Å². The van der Waals surface area contributed by atoms with Crippen LogP contribution < -0.4 is 5.73 Å². The van der Waals surface area contributed by atoms with E-state index in [1.54, 1.807) is 0 Å². The van der Waals surface area contributed by atoms with Crippen LogP contribution in [0.15, 0.2) is 0 Å². The van der Waals surface area contributed by atoms with Crippen molar-refractivity contribution in [3.05, 3.63) is 0 Å². The van der Waals surface area contributed by atoms with Crippen LogP contribution in [0.4, 0.5) is 0 Å². The average Bonchev–Trinajstić information content (AvgIpc) is 2.19. The summed E-state index contributed by atoms with van der Waals surface area (Å²) in [6.07, 6.45) is 2.20. The molecule has 0 fully saturated rings. The van der Waals surface area contributed by atoms with Crippen molar-refractivity contribution in [2.24, 2.45) is 11.1 Å². The second-order valence-electron chi connectivity index (χ2n) is 5.78. The van der Waals surface area contributed by atoms with Crippen molar-refractivity contribution >= 4 is 0 Å². The van der Waals surface area contributed by atoms with Crippen LogP contribution in [0.1, 0.15) is 47.5 Å². The van der Waals surface area contributed by atoms with Crippen LogP contribution in [-0.4, -0.2) is 41.8 Å². The van der Waals surface area contributed by atoms with Gasteiger partial charge in [-0.2, -0.15) is 0 Å². The van der Waals surface area contributed by atoms with Gasteiger partial charge >= 0.3 is 0 Å². The topological polar surface area (TPSA) is 49.5 Å². The predicted molar refractivity (Wildman–Crippen MR) is 70.4 cm³/mol. The summed E-state index contributed by atoms with van der Waals surface area (Å²) in [4.78, 5) is 2.25. The first-order valence-corrected chi connectivity index (χ1v) is 6.37. The van der Waals surface area contributed by atoms with Crippen LogP contribution in [0.5, 0.6) is 0 Å². The Bertz CT molecular complexity index is 185. The van der Waals surface area contributed by atoms with Crippen molar-refractivity contribution in [3.8, 4) is 0 Å². The van der Waals surface area contributed by atoms with Crippen molar-refractivity contribution in [2.45, 2.75) is 65.6 Å². The third-order valence-corrected chi connectivity index (χ3v) is 3.64. The Balaban J connectivity index is 4.71. The van der Waals surface area contributed by atoms with E-state index in [0.717, 1.165) is 12.8 Å². The van der Waals surface area contributed by atoms with Crippen molar-refractivity contribution in [1.29, 1.82) is 0 Å². The highest BCUT2D eigenvalue weighted by molar-refractivity contribution is 4.90.